The van der Waals surface area contributed by atoms with Crippen LogP contribution in [0.25, 0.3) is 0 Å². The molecule has 10 heteroatoms. The first-order chi connectivity index (χ1) is 11.2. The van der Waals surface area contributed by atoms with Gasteiger partial charge in [-0.1, -0.05) is 12.1 Å². The molecule has 0 amide bonds. The second kappa shape index (κ2) is 6.63. The Morgan fingerprint density at radius 2 is 1.83 bits per heavy atom. The molecule has 0 aromatic heterocycles. The fourth-order valence-corrected chi connectivity index (χ4v) is 2.88. The van der Waals surface area contributed by atoms with E-state index in [4.69, 9.17) is 4.74 Å². The molecule has 0 spiro atoms. The summed E-state index contributed by atoms with van der Waals surface area (Å²) in [6, 6.07) is 0.589. The number of hydrogen-bond acceptors (Lipinski definition) is 6. The van der Waals surface area contributed by atoms with E-state index in [1.807, 2.05) is 0 Å². The highest BCUT2D eigenvalue weighted by molar-refractivity contribution is 5.77. The Morgan fingerprint density at radius 1 is 1.25 bits per heavy atom. The molecule has 4 atom stereocenters. The summed E-state index contributed by atoms with van der Waals surface area (Å²) in [5.74, 6) is -3.24. The van der Waals surface area contributed by atoms with Crippen LogP contribution in [0.1, 0.15) is 11.6 Å². The quantitative estimate of drug-likeness (QED) is 0.506. The van der Waals surface area contributed by atoms with Gasteiger partial charge in [0, 0.05) is 4.92 Å². The SMILES string of the molecule is COC(=O)[C@@H]1N[C@H](c2ccc(OC)cc2)[C@@H]([N+](=O)[O-])[C@@H]1C(F)(F)F. The molecule has 1 aliphatic heterocycles. The third-order valence-electron chi connectivity index (χ3n) is 3.98. The Kier molecular flexibility index (Phi) is 4.97. The molecule has 1 aliphatic rings. The molecule has 1 N–H and O–H groups in total. The van der Waals surface area contributed by atoms with Crippen LogP contribution in [0.15, 0.2) is 24.3 Å². The van der Waals surface area contributed by atoms with Gasteiger partial charge in [0.2, 0.25) is 6.04 Å². The van der Waals surface area contributed by atoms with Gasteiger partial charge in [0.15, 0.2) is 0 Å². The van der Waals surface area contributed by atoms with E-state index in [1.54, 1.807) is 0 Å². The Labute approximate surface area is 134 Å². The molecule has 0 radical (unpaired) electrons. The van der Waals surface area contributed by atoms with Crippen LogP contribution in [0.2, 0.25) is 0 Å². The second-order valence-electron chi connectivity index (χ2n) is 5.26. The number of nitrogens with zero attached hydrogens (tertiary/aromatic N) is 1. The van der Waals surface area contributed by atoms with Crippen LogP contribution in [-0.2, 0) is 9.53 Å². The van der Waals surface area contributed by atoms with Crippen molar-refractivity contribution < 1.29 is 32.4 Å². The van der Waals surface area contributed by atoms with Crippen molar-refractivity contribution >= 4 is 5.97 Å². The molecular formula is C14H15F3N2O5. The van der Waals surface area contributed by atoms with Crippen LogP contribution in [0.5, 0.6) is 5.75 Å². The Morgan fingerprint density at radius 3 is 2.25 bits per heavy atom. The van der Waals surface area contributed by atoms with Gasteiger partial charge >= 0.3 is 12.1 Å². The van der Waals surface area contributed by atoms with Crippen molar-refractivity contribution in [1.29, 1.82) is 0 Å². The van der Waals surface area contributed by atoms with Gasteiger partial charge < -0.3 is 9.47 Å². The largest absolute Gasteiger partial charge is 0.497 e. The molecule has 1 aromatic rings. The lowest BCUT2D eigenvalue weighted by Crippen LogP contribution is -2.46. The molecule has 0 saturated carbocycles. The van der Waals surface area contributed by atoms with Gasteiger partial charge in [-0.15, -0.1) is 0 Å². The number of carbonyl (C=O) groups is 1. The number of ether oxygens (including phenoxy) is 2. The van der Waals surface area contributed by atoms with Crippen molar-refractivity contribution in [3.05, 3.63) is 39.9 Å². The average Bonchev–Trinajstić information content (AvgIpc) is 2.95. The zero-order valence-corrected chi connectivity index (χ0v) is 12.7. The van der Waals surface area contributed by atoms with Gasteiger partial charge in [-0.3, -0.25) is 20.2 Å². The smallest absolute Gasteiger partial charge is 0.400 e. The third kappa shape index (κ3) is 3.28. The second-order valence-corrected chi connectivity index (χ2v) is 5.26. The summed E-state index contributed by atoms with van der Waals surface area (Å²) in [7, 11) is 2.34. The monoisotopic (exact) mass is 348 g/mol. The predicted octanol–water partition coefficient (Wildman–Crippen LogP) is 1.70. The topological polar surface area (TPSA) is 90.7 Å². The molecule has 0 bridgehead atoms. The number of halogens is 3. The summed E-state index contributed by atoms with van der Waals surface area (Å²) >= 11 is 0. The highest BCUT2D eigenvalue weighted by Crippen LogP contribution is 2.43. The van der Waals surface area contributed by atoms with Crippen LogP contribution in [0, 0.1) is 16.0 Å². The molecule has 0 aliphatic carbocycles. The van der Waals surface area contributed by atoms with E-state index in [2.05, 4.69) is 10.1 Å². The van der Waals surface area contributed by atoms with Gasteiger partial charge in [-0.05, 0) is 17.7 Å². The number of rotatable bonds is 4. The van der Waals surface area contributed by atoms with E-state index < -0.39 is 41.1 Å². The van der Waals surface area contributed by atoms with Gasteiger partial charge in [-0.25, -0.2) is 0 Å². The highest BCUT2D eigenvalue weighted by atomic mass is 19.4. The fourth-order valence-electron chi connectivity index (χ4n) is 2.88. The normalized spacial score (nSPS) is 26.9. The minimum Gasteiger partial charge on any atom is -0.497 e. The Hall–Kier alpha value is -2.36. The summed E-state index contributed by atoms with van der Waals surface area (Å²) in [5.41, 5.74) is 0.248. The number of benzene rings is 1. The Bertz CT molecular complexity index is 620. The lowest BCUT2D eigenvalue weighted by atomic mass is 9.90. The van der Waals surface area contributed by atoms with Crippen LogP contribution in [-0.4, -0.2) is 43.4 Å². The summed E-state index contributed by atoms with van der Waals surface area (Å²) in [6.45, 7) is 0. The zero-order valence-electron chi connectivity index (χ0n) is 12.7. The molecular weight excluding hydrogens is 333 g/mol. The van der Waals surface area contributed by atoms with E-state index in [9.17, 15) is 28.1 Å². The van der Waals surface area contributed by atoms with E-state index in [-0.39, 0.29) is 5.56 Å². The first-order valence-electron chi connectivity index (χ1n) is 6.88. The zero-order chi connectivity index (χ0) is 18.1. The van der Waals surface area contributed by atoms with Crippen molar-refractivity contribution in [2.45, 2.75) is 24.3 Å². The van der Waals surface area contributed by atoms with E-state index >= 15 is 0 Å². The average molecular weight is 348 g/mol. The number of hydrogen-bond donors (Lipinski definition) is 1. The molecule has 1 saturated heterocycles. The van der Waals surface area contributed by atoms with Crippen molar-refractivity contribution in [2.75, 3.05) is 14.2 Å². The summed E-state index contributed by atoms with van der Waals surface area (Å²) in [4.78, 5) is 22.0. The van der Waals surface area contributed by atoms with Gasteiger partial charge in [0.1, 0.15) is 23.8 Å². The lowest BCUT2D eigenvalue weighted by molar-refractivity contribution is -0.540. The van der Waals surface area contributed by atoms with Gasteiger partial charge in [0.25, 0.3) is 0 Å². The first-order valence-corrected chi connectivity index (χ1v) is 6.88. The van der Waals surface area contributed by atoms with Crippen molar-refractivity contribution in [3.63, 3.8) is 0 Å². The number of alkyl halides is 3. The maximum atomic E-state index is 13.4. The van der Waals surface area contributed by atoms with Crippen LogP contribution < -0.4 is 10.1 Å². The molecule has 1 aromatic carbocycles. The van der Waals surface area contributed by atoms with Crippen molar-refractivity contribution in [2.24, 2.45) is 5.92 Å². The third-order valence-corrected chi connectivity index (χ3v) is 3.98. The summed E-state index contributed by atoms with van der Waals surface area (Å²) in [5, 5.41) is 13.7. The molecule has 24 heavy (non-hydrogen) atoms. The number of methoxy groups -OCH3 is 2. The minimum atomic E-state index is -4.94. The van der Waals surface area contributed by atoms with Crippen LogP contribution in [0.3, 0.4) is 0 Å². The van der Waals surface area contributed by atoms with E-state index in [1.165, 1.54) is 31.4 Å². The van der Waals surface area contributed by atoms with Crippen molar-refractivity contribution in [1.82, 2.24) is 5.32 Å². The minimum absolute atomic E-state index is 0.248. The highest BCUT2D eigenvalue weighted by Gasteiger charge is 2.65. The van der Waals surface area contributed by atoms with Crippen molar-refractivity contribution in [3.8, 4) is 5.75 Å². The molecule has 2 rings (SSSR count). The molecule has 132 valence electrons. The maximum absolute atomic E-state index is 13.4. The van der Waals surface area contributed by atoms with E-state index in [0.717, 1.165) is 7.11 Å². The first kappa shape index (κ1) is 18.0. The summed E-state index contributed by atoms with van der Waals surface area (Å²) < 4.78 is 49.4. The molecule has 1 heterocycles. The Balaban J connectivity index is 2.46. The van der Waals surface area contributed by atoms with Crippen LogP contribution >= 0.6 is 0 Å². The van der Waals surface area contributed by atoms with Gasteiger partial charge in [-0.2, -0.15) is 13.2 Å². The number of esters is 1. The molecule has 0 unspecified atom stereocenters. The summed E-state index contributed by atoms with van der Waals surface area (Å²) in [6.07, 6.45) is -4.94. The number of nitro groups is 1. The predicted molar refractivity (Wildman–Crippen MR) is 75.0 cm³/mol. The lowest BCUT2D eigenvalue weighted by Gasteiger charge is -2.21. The van der Waals surface area contributed by atoms with Crippen LogP contribution in [0.4, 0.5) is 13.2 Å². The molecule has 1 fully saturated rings. The number of carbonyl (C=O) groups excluding carboxylic acids is 1. The maximum Gasteiger partial charge on any atom is 0.400 e. The molecule has 7 nitrogen and oxygen atoms in total. The standard InChI is InChI=1S/C14H15F3N2O5/c1-23-8-5-3-7(4-6-8)10-12(19(21)22)9(14(15,16)17)11(18-10)13(20)24-2/h3-6,9-12,18H,1-2H3/t9-,10-,11-,12+/m1/s1. The van der Waals surface area contributed by atoms with E-state index in [0.29, 0.717) is 5.75 Å². The van der Waals surface area contributed by atoms with Gasteiger partial charge in [0.05, 0.1) is 14.2 Å². The fraction of sp³-hybridized carbons (Fsp3) is 0.500. The number of nitrogens with one attached hydrogen (secondary N) is 1.